The molecule has 0 aliphatic heterocycles. The summed E-state index contributed by atoms with van der Waals surface area (Å²) in [5.41, 5.74) is 0.704. The van der Waals surface area contributed by atoms with Crippen molar-refractivity contribution in [3.8, 4) is 0 Å². The van der Waals surface area contributed by atoms with E-state index in [1.807, 2.05) is 0 Å². The molecule has 16 heavy (non-hydrogen) atoms. The van der Waals surface area contributed by atoms with Gasteiger partial charge in [0.15, 0.2) is 0 Å². The van der Waals surface area contributed by atoms with Gasteiger partial charge in [-0.3, -0.25) is 4.79 Å². The van der Waals surface area contributed by atoms with Crippen molar-refractivity contribution in [2.75, 3.05) is 6.54 Å². The zero-order chi connectivity index (χ0) is 12.2. The van der Waals surface area contributed by atoms with Crippen LogP contribution >= 0.6 is 11.3 Å². The summed E-state index contributed by atoms with van der Waals surface area (Å²) in [5.74, 6) is -0.925. The van der Waals surface area contributed by atoms with E-state index in [0.29, 0.717) is 16.2 Å². The Hall–Kier alpha value is -0.920. The highest BCUT2D eigenvalue weighted by molar-refractivity contribution is 7.91. The Kier molecular flexibility index (Phi) is 4.45. The van der Waals surface area contributed by atoms with Crippen LogP contribution in [0.4, 0.5) is 0 Å². The molecule has 7 heteroatoms. The van der Waals surface area contributed by atoms with Gasteiger partial charge in [-0.15, -0.1) is 11.3 Å². The molecule has 0 aliphatic carbocycles. The fourth-order valence-electron chi connectivity index (χ4n) is 1.15. The van der Waals surface area contributed by atoms with Crippen molar-refractivity contribution in [3.05, 3.63) is 17.0 Å². The third-order valence-electron chi connectivity index (χ3n) is 1.92. The molecule has 0 aliphatic rings. The van der Waals surface area contributed by atoms with Gasteiger partial charge in [0.05, 0.1) is 0 Å². The maximum absolute atomic E-state index is 11.7. The predicted molar refractivity (Wildman–Crippen MR) is 61.1 cm³/mol. The molecular formula is C9H13NO4S2. The van der Waals surface area contributed by atoms with E-state index < -0.39 is 16.0 Å². The van der Waals surface area contributed by atoms with Gasteiger partial charge in [-0.05, 0) is 30.4 Å². The first-order valence-corrected chi connectivity index (χ1v) is 7.05. The highest BCUT2D eigenvalue weighted by Crippen LogP contribution is 2.21. The van der Waals surface area contributed by atoms with E-state index in [9.17, 15) is 13.2 Å². The van der Waals surface area contributed by atoms with Gasteiger partial charge in [-0.2, -0.15) is 0 Å². The summed E-state index contributed by atoms with van der Waals surface area (Å²) in [4.78, 5) is 10.2. The number of hydrogen-bond acceptors (Lipinski definition) is 4. The standard InChI is InChI=1S/C9H13NO4S2/c1-7-4-6-15-9(7)16(13,14)10-5-2-3-8(11)12/h4,6,10H,2-3,5H2,1H3,(H,11,12). The third kappa shape index (κ3) is 3.58. The lowest BCUT2D eigenvalue weighted by Crippen LogP contribution is -2.25. The van der Waals surface area contributed by atoms with E-state index in [4.69, 9.17) is 5.11 Å². The molecule has 1 aromatic rings. The lowest BCUT2D eigenvalue weighted by Gasteiger charge is -2.04. The lowest BCUT2D eigenvalue weighted by molar-refractivity contribution is -0.137. The van der Waals surface area contributed by atoms with Crippen LogP contribution in [0.2, 0.25) is 0 Å². The number of carboxylic acids is 1. The molecule has 0 amide bonds. The minimum atomic E-state index is -3.47. The first kappa shape index (κ1) is 13.1. The van der Waals surface area contributed by atoms with E-state index in [0.717, 1.165) is 11.3 Å². The zero-order valence-corrected chi connectivity index (χ0v) is 10.4. The number of rotatable bonds is 6. The van der Waals surface area contributed by atoms with Crippen molar-refractivity contribution in [3.63, 3.8) is 0 Å². The van der Waals surface area contributed by atoms with E-state index in [-0.39, 0.29) is 13.0 Å². The molecule has 0 aromatic carbocycles. The average molecular weight is 263 g/mol. The van der Waals surface area contributed by atoms with Crippen LogP contribution in [-0.2, 0) is 14.8 Å². The third-order valence-corrected chi connectivity index (χ3v) is 5.07. The van der Waals surface area contributed by atoms with Gasteiger partial charge < -0.3 is 5.11 Å². The molecule has 1 aromatic heterocycles. The number of hydrogen-bond donors (Lipinski definition) is 2. The first-order valence-electron chi connectivity index (χ1n) is 4.69. The summed E-state index contributed by atoms with van der Waals surface area (Å²) in [6.45, 7) is 1.87. The maximum atomic E-state index is 11.7. The van der Waals surface area contributed by atoms with Crippen LogP contribution in [0.1, 0.15) is 18.4 Å². The summed E-state index contributed by atoms with van der Waals surface area (Å²) in [6, 6.07) is 1.73. The minimum Gasteiger partial charge on any atom is -0.481 e. The van der Waals surface area contributed by atoms with Gasteiger partial charge >= 0.3 is 5.97 Å². The fourth-order valence-corrected chi connectivity index (χ4v) is 3.68. The van der Waals surface area contributed by atoms with Crippen LogP contribution in [0.15, 0.2) is 15.7 Å². The molecular weight excluding hydrogens is 250 g/mol. The first-order chi connectivity index (χ1) is 7.43. The molecule has 0 saturated carbocycles. The lowest BCUT2D eigenvalue weighted by atomic mass is 10.3. The topological polar surface area (TPSA) is 83.5 Å². The molecule has 90 valence electrons. The van der Waals surface area contributed by atoms with Crippen LogP contribution in [0.3, 0.4) is 0 Å². The zero-order valence-electron chi connectivity index (χ0n) is 8.76. The molecule has 1 heterocycles. The maximum Gasteiger partial charge on any atom is 0.303 e. The normalized spacial score (nSPS) is 11.6. The Morgan fingerprint density at radius 3 is 2.75 bits per heavy atom. The van der Waals surface area contributed by atoms with Gasteiger partial charge in [0, 0.05) is 13.0 Å². The number of aliphatic carboxylic acids is 1. The van der Waals surface area contributed by atoms with Gasteiger partial charge in [-0.1, -0.05) is 0 Å². The number of nitrogens with one attached hydrogen (secondary N) is 1. The molecule has 0 spiro atoms. The van der Waals surface area contributed by atoms with Crippen LogP contribution in [-0.4, -0.2) is 26.0 Å². The molecule has 0 fully saturated rings. The van der Waals surface area contributed by atoms with Crippen molar-refractivity contribution in [1.82, 2.24) is 4.72 Å². The van der Waals surface area contributed by atoms with Crippen molar-refractivity contribution >= 4 is 27.3 Å². The number of sulfonamides is 1. The largest absolute Gasteiger partial charge is 0.481 e. The van der Waals surface area contributed by atoms with Gasteiger partial charge in [0.1, 0.15) is 4.21 Å². The number of thiophene rings is 1. The summed E-state index contributed by atoms with van der Waals surface area (Å²) in [7, 11) is -3.47. The Morgan fingerprint density at radius 1 is 1.56 bits per heavy atom. The molecule has 0 atom stereocenters. The molecule has 0 radical (unpaired) electrons. The second-order valence-corrected chi connectivity index (χ2v) is 6.16. The number of aryl methyl sites for hydroxylation is 1. The summed E-state index contributed by atoms with van der Waals surface area (Å²) in [6.07, 6.45) is 0.255. The number of carbonyl (C=O) groups is 1. The second-order valence-electron chi connectivity index (χ2n) is 3.29. The van der Waals surface area contributed by atoms with Crippen LogP contribution in [0.5, 0.6) is 0 Å². The van der Waals surface area contributed by atoms with Crippen molar-refractivity contribution in [2.45, 2.75) is 24.0 Å². The Labute approximate surface area is 98.2 Å². The van der Waals surface area contributed by atoms with Crippen molar-refractivity contribution < 1.29 is 18.3 Å². The summed E-state index contributed by atoms with van der Waals surface area (Å²) < 4.78 is 26.1. The van der Waals surface area contributed by atoms with Crippen LogP contribution in [0.25, 0.3) is 0 Å². The Balaban J connectivity index is 2.54. The molecule has 1 rings (SSSR count). The fraction of sp³-hybridized carbons (Fsp3) is 0.444. The average Bonchev–Trinajstić information content (AvgIpc) is 2.59. The van der Waals surface area contributed by atoms with E-state index >= 15 is 0 Å². The highest BCUT2D eigenvalue weighted by Gasteiger charge is 2.17. The van der Waals surface area contributed by atoms with E-state index in [1.54, 1.807) is 18.4 Å². The smallest absolute Gasteiger partial charge is 0.303 e. The highest BCUT2D eigenvalue weighted by atomic mass is 32.2. The SMILES string of the molecule is Cc1ccsc1S(=O)(=O)NCCCC(=O)O. The summed E-state index contributed by atoms with van der Waals surface area (Å²) in [5, 5.41) is 10.1. The van der Waals surface area contributed by atoms with Crippen LogP contribution < -0.4 is 4.72 Å². The van der Waals surface area contributed by atoms with Crippen molar-refractivity contribution in [1.29, 1.82) is 0 Å². The molecule has 0 unspecified atom stereocenters. The number of carboxylic acid groups (broad SMARTS) is 1. The van der Waals surface area contributed by atoms with Gasteiger partial charge in [0.25, 0.3) is 0 Å². The molecule has 0 saturated heterocycles. The van der Waals surface area contributed by atoms with Crippen molar-refractivity contribution in [2.24, 2.45) is 0 Å². The summed E-state index contributed by atoms with van der Waals surface area (Å²) >= 11 is 1.15. The Morgan fingerprint density at radius 2 is 2.25 bits per heavy atom. The minimum absolute atomic E-state index is 0.0358. The quantitative estimate of drug-likeness (QED) is 0.755. The van der Waals surface area contributed by atoms with E-state index in [2.05, 4.69) is 4.72 Å². The predicted octanol–water partition coefficient (Wildman–Crippen LogP) is 1.20. The molecule has 0 bridgehead atoms. The van der Waals surface area contributed by atoms with E-state index in [1.165, 1.54) is 0 Å². The molecule has 5 nitrogen and oxygen atoms in total. The van der Waals surface area contributed by atoms with Gasteiger partial charge in [0.2, 0.25) is 10.0 Å². The molecule has 2 N–H and O–H groups in total. The van der Waals surface area contributed by atoms with Crippen LogP contribution in [0, 0.1) is 6.92 Å². The monoisotopic (exact) mass is 263 g/mol. The Bertz CT molecular complexity index is 464. The van der Waals surface area contributed by atoms with Gasteiger partial charge in [-0.25, -0.2) is 13.1 Å². The second kappa shape index (κ2) is 5.42.